The SMILES string of the molecule is O=C1NN=C(c2ccc(C3=CCNCC3)c(C(F)(F)F)c2)CO1. The average Bonchev–Trinajstić information content (AvgIpc) is 2.55. The number of cyclic esters (lactones) is 1. The van der Waals surface area contributed by atoms with Crippen LogP contribution >= 0.6 is 0 Å². The number of halogens is 3. The Morgan fingerprint density at radius 2 is 2.09 bits per heavy atom. The minimum atomic E-state index is -4.48. The van der Waals surface area contributed by atoms with E-state index in [9.17, 15) is 18.0 Å². The van der Waals surface area contributed by atoms with Crippen molar-refractivity contribution in [3.8, 4) is 0 Å². The van der Waals surface area contributed by atoms with Crippen LogP contribution in [0.25, 0.3) is 5.57 Å². The van der Waals surface area contributed by atoms with Crippen LogP contribution in [-0.2, 0) is 10.9 Å². The summed E-state index contributed by atoms with van der Waals surface area (Å²) in [6.07, 6.45) is -2.88. The Bertz CT molecular complexity index is 696. The van der Waals surface area contributed by atoms with Gasteiger partial charge in [-0.1, -0.05) is 18.2 Å². The number of hydrogen-bond donors (Lipinski definition) is 2. The van der Waals surface area contributed by atoms with Crippen molar-refractivity contribution in [3.05, 3.63) is 41.0 Å². The van der Waals surface area contributed by atoms with Crippen LogP contribution in [0.4, 0.5) is 18.0 Å². The Balaban J connectivity index is 2.02. The molecule has 1 aromatic rings. The number of hydrogen-bond acceptors (Lipinski definition) is 4. The van der Waals surface area contributed by atoms with Crippen molar-refractivity contribution >= 4 is 17.4 Å². The molecule has 1 amide bonds. The molecular weight excluding hydrogens is 311 g/mol. The van der Waals surface area contributed by atoms with Gasteiger partial charge in [-0.3, -0.25) is 0 Å². The fourth-order valence-corrected chi connectivity index (χ4v) is 2.56. The zero-order valence-electron chi connectivity index (χ0n) is 12.0. The van der Waals surface area contributed by atoms with Gasteiger partial charge in [0.2, 0.25) is 0 Å². The molecule has 0 unspecified atom stereocenters. The van der Waals surface area contributed by atoms with Crippen molar-refractivity contribution in [1.29, 1.82) is 0 Å². The summed E-state index contributed by atoms with van der Waals surface area (Å²) in [5, 5.41) is 6.82. The predicted octanol–water partition coefficient (Wildman–Crippen LogP) is 2.53. The number of hydrazone groups is 1. The van der Waals surface area contributed by atoms with Crippen LogP contribution in [0, 0.1) is 0 Å². The highest BCUT2D eigenvalue weighted by atomic mass is 19.4. The maximum Gasteiger partial charge on any atom is 0.428 e. The van der Waals surface area contributed by atoms with Crippen molar-refractivity contribution in [3.63, 3.8) is 0 Å². The highest BCUT2D eigenvalue weighted by molar-refractivity contribution is 6.04. The number of ether oxygens (including phenoxy) is 1. The topological polar surface area (TPSA) is 62.7 Å². The van der Waals surface area contributed by atoms with Crippen molar-refractivity contribution in [2.45, 2.75) is 12.6 Å². The van der Waals surface area contributed by atoms with Crippen LogP contribution in [0.2, 0.25) is 0 Å². The normalized spacial score (nSPS) is 18.7. The molecule has 2 N–H and O–H groups in total. The predicted molar refractivity (Wildman–Crippen MR) is 77.9 cm³/mol. The van der Waals surface area contributed by atoms with Gasteiger partial charge in [-0.25, -0.2) is 10.2 Å². The van der Waals surface area contributed by atoms with Crippen LogP contribution < -0.4 is 10.7 Å². The van der Waals surface area contributed by atoms with Crippen molar-refractivity contribution in [1.82, 2.24) is 10.7 Å². The summed E-state index contributed by atoms with van der Waals surface area (Å²) in [7, 11) is 0. The standard InChI is InChI=1S/C15H14F3N3O2/c16-15(17,18)12-7-10(13-8-23-14(22)21-20-13)1-2-11(12)9-3-5-19-6-4-9/h1-3,7,19H,4-6,8H2,(H,21,22). The maximum atomic E-state index is 13.4. The van der Waals surface area contributed by atoms with E-state index in [1.807, 2.05) is 0 Å². The Labute approximate surface area is 130 Å². The van der Waals surface area contributed by atoms with Gasteiger partial charge in [0.15, 0.2) is 0 Å². The molecule has 122 valence electrons. The number of alkyl halides is 3. The smallest absolute Gasteiger partial charge is 0.428 e. The van der Waals surface area contributed by atoms with Gasteiger partial charge in [0.1, 0.15) is 12.3 Å². The lowest BCUT2D eigenvalue weighted by Gasteiger charge is -2.20. The first kappa shape index (κ1) is 15.5. The van der Waals surface area contributed by atoms with Gasteiger partial charge < -0.3 is 10.1 Å². The fourth-order valence-electron chi connectivity index (χ4n) is 2.56. The monoisotopic (exact) mass is 325 g/mol. The van der Waals surface area contributed by atoms with Crippen LogP contribution in [0.3, 0.4) is 0 Å². The molecule has 3 rings (SSSR count). The Kier molecular flexibility index (Phi) is 4.08. The molecule has 0 saturated carbocycles. The highest BCUT2D eigenvalue weighted by Crippen LogP contribution is 2.37. The second kappa shape index (κ2) is 6.04. The van der Waals surface area contributed by atoms with Gasteiger partial charge in [0, 0.05) is 12.1 Å². The second-order valence-electron chi connectivity index (χ2n) is 5.19. The van der Waals surface area contributed by atoms with E-state index in [1.165, 1.54) is 6.07 Å². The van der Waals surface area contributed by atoms with E-state index >= 15 is 0 Å². The third-order valence-corrected chi connectivity index (χ3v) is 3.69. The highest BCUT2D eigenvalue weighted by Gasteiger charge is 2.35. The molecular formula is C15H14F3N3O2. The Morgan fingerprint density at radius 1 is 1.26 bits per heavy atom. The first-order chi connectivity index (χ1) is 10.9. The minimum Gasteiger partial charge on any atom is -0.442 e. The lowest BCUT2D eigenvalue weighted by atomic mass is 9.92. The summed E-state index contributed by atoms with van der Waals surface area (Å²) in [6.45, 7) is 1.05. The average molecular weight is 325 g/mol. The number of carbonyl (C=O) groups excluding carboxylic acids is 1. The molecule has 0 bridgehead atoms. The number of amides is 1. The van der Waals surface area contributed by atoms with E-state index < -0.39 is 17.8 Å². The number of nitrogens with zero attached hydrogens (tertiary/aromatic N) is 1. The zero-order valence-corrected chi connectivity index (χ0v) is 12.0. The van der Waals surface area contributed by atoms with Crippen LogP contribution in [0.1, 0.15) is 23.1 Å². The van der Waals surface area contributed by atoms with Gasteiger partial charge in [-0.15, -0.1) is 0 Å². The number of benzene rings is 1. The molecule has 23 heavy (non-hydrogen) atoms. The molecule has 2 heterocycles. The molecule has 1 aromatic carbocycles. The summed E-state index contributed by atoms with van der Waals surface area (Å²) in [6, 6.07) is 4.07. The molecule has 0 saturated heterocycles. The molecule has 5 nitrogen and oxygen atoms in total. The third-order valence-electron chi connectivity index (χ3n) is 3.69. The molecule has 0 aliphatic carbocycles. The van der Waals surface area contributed by atoms with Gasteiger partial charge >= 0.3 is 12.3 Å². The molecule has 0 radical (unpaired) electrons. The molecule has 0 fully saturated rings. The quantitative estimate of drug-likeness (QED) is 0.878. The lowest BCUT2D eigenvalue weighted by Crippen LogP contribution is -2.31. The second-order valence-corrected chi connectivity index (χ2v) is 5.19. The molecule has 0 spiro atoms. The summed E-state index contributed by atoms with van der Waals surface area (Å²) in [5.41, 5.74) is 2.77. The number of rotatable bonds is 2. The van der Waals surface area contributed by atoms with Crippen molar-refractivity contribution in [2.24, 2.45) is 5.10 Å². The number of nitrogens with one attached hydrogen (secondary N) is 2. The van der Waals surface area contributed by atoms with Gasteiger partial charge in [-0.05, 0) is 30.2 Å². The van der Waals surface area contributed by atoms with E-state index in [-0.39, 0.29) is 23.4 Å². The van der Waals surface area contributed by atoms with E-state index in [0.29, 0.717) is 25.1 Å². The Hall–Kier alpha value is -2.35. The largest absolute Gasteiger partial charge is 0.442 e. The van der Waals surface area contributed by atoms with E-state index in [4.69, 9.17) is 4.74 Å². The maximum absolute atomic E-state index is 13.4. The van der Waals surface area contributed by atoms with E-state index in [1.54, 1.807) is 12.1 Å². The molecule has 8 heteroatoms. The Morgan fingerprint density at radius 3 is 2.70 bits per heavy atom. The van der Waals surface area contributed by atoms with E-state index in [0.717, 1.165) is 6.07 Å². The van der Waals surface area contributed by atoms with E-state index in [2.05, 4.69) is 15.8 Å². The van der Waals surface area contributed by atoms with Crippen molar-refractivity contribution in [2.75, 3.05) is 19.7 Å². The first-order valence-corrected chi connectivity index (χ1v) is 7.06. The summed E-state index contributed by atoms with van der Waals surface area (Å²) < 4.78 is 45.0. The molecule has 2 aliphatic rings. The van der Waals surface area contributed by atoms with Crippen LogP contribution in [-0.4, -0.2) is 31.5 Å². The van der Waals surface area contributed by atoms with Gasteiger partial charge in [0.05, 0.1) is 5.56 Å². The zero-order chi connectivity index (χ0) is 16.4. The summed E-state index contributed by atoms with van der Waals surface area (Å²) in [5.74, 6) is 0. The summed E-state index contributed by atoms with van der Waals surface area (Å²) in [4.78, 5) is 10.9. The molecule has 0 aromatic heterocycles. The summed E-state index contributed by atoms with van der Waals surface area (Å²) >= 11 is 0. The number of carbonyl (C=O) groups is 1. The third kappa shape index (κ3) is 3.37. The van der Waals surface area contributed by atoms with Crippen LogP contribution in [0.5, 0.6) is 0 Å². The van der Waals surface area contributed by atoms with Gasteiger partial charge in [0.25, 0.3) is 0 Å². The van der Waals surface area contributed by atoms with Crippen LogP contribution in [0.15, 0.2) is 29.4 Å². The first-order valence-electron chi connectivity index (χ1n) is 7.06. The molecule has 0 atom stereocenters. The fraction of sp³-hybridized carbons (Fsp3) is 0.333. The lowest BCUT2D eigenvalue weighted by molar-refractivity contribution is -0.137. The molecule has 2 aliphatic heterocycles. The minimum absolute atomic E-state index is 0.158. The van der Waals surface area contributed by atoms with Gasteiger partial charge in [-0.2, -0.15) is 18.3 Å². The van der Waals surface area contributed by atoms with Crippen molar-refractivity contribution < 1.29 is 22.7 Å².